The van der Waals surface area contributed by atoms with Crippen LogP contribution in [-0.4, -0.2) is 106 Å². The van der Waals surface area contributed by atoms with Gasteiger partial charge in [-0.05, 0) is 50.0 Å². The molecule has 0 bridgehead atoms. The average molecular weight is 581 g/mol. The van der Waals surface area contributed by atoms with Crippen molar-refractivity contribution in [1.29, 1.82) is 0 Å². The van der Waals surface area contributed by atoms with E-state index in [1.165, 1.54) is 4.90 Å². The maximum atomic E-state index is 13.1. The summed E-state index contributed by atoms with van der Waals surface area (Å²) >= 11 is 0. The quantitative estimate of drug-likeness (QED) is 0.473. The lowest BCUT2D eigenvalue weighted by Crippen LogP contribution is -2.69. The fraction of sp³-hybridized carbons (Fsp3) is 0.607. The van der Waals surface area contributed by atoms with Crippen LogP contribution in [0.5, 0.6) is 0 Å². The molecule has 5 amide bonds. The second-order valence-corrected chi connectivity index (χ2v) is 10.9. The first-order chi connectivity index (χ1) is 19.5. The second kappa shape index (κ2) is 12.9. The lowest BCUT2D eigenvalue weighted by molar-refractivity contribution is -0.187. The molecule has 10 nitrogen and oxygen atoms in total. The van der Waals surface area contributed by atoms with Gasteiger partial charge in [0.1, 0.15) is 0 Å². The highest BCUT2D eigenvalue weighted by atomic mass is 19.4. The van der Waals surface area contributed by atoms with Crippen molar-refractivity contribution in [2.24, 2.45) is 11.8 Å². The van der Waals surface area contributed by atoms with Crippen LogP contribution in [0.1, 0.15) is 44.1 Å². The number of amides is 5. The molecule has 3 aliphatic rings. The fourth-order valence-corrected chi connectivity index (χ4v) is 5.95. The Morgan fingerprint density at radius 2 is 1.56 bits per heavy atom. The summed E-state index contributed by atoms with van der Waals surface area (Å²) in [4.78, 5) is 66.7. The minimum Gasteiger partial charge on any atom is -0.480 e. The number of carbonyl (C=O) groups is 5. The molecule has 1 N–H and O–H groups in total. The Bertz CT molecular complexity index is 1140. The highest BCUT2D eigenvalue weighted by Gasteiger charge is 2.55. The third-order valence-electron chi connectivity index (χ3n) is 8.21. The number of alkyl halides is 3. The number of aliphatic carboxylic acids is 1. The lowest BCUT2D eigenvalue weighted by Gasteiger charge is -2.46. The number of aryl methyl sites for hydroxylation is 1. The van der Waals surface area contributed by atoms with E-state index in [9.17, 15) is 42.3 Å². The monoisotopic (exact) mass is 580 g/mol. The molecular formula is C28H35F3N4O6. The number of hydrogen-bond donors (Lipinski definition) is 1. The maximum Gasteiger partial charge on any atom is 0.471 e. The Kier molecular flexibility index (Phi) is 9.54. The van der Waals surface area contributed by atoms with Gasteiger partial charge in [-0.1, -0.05) is 30.3 Å². The fourth-order valence-electron chi connectivity index (χ4n) is 5.95. The van der Waals surface area contributed by atoms with Crippen molar-refractivity contribution in [3.8, 4) is 0 Å². The van der Waals surface area contributed by atoms with Crippen molar-refractivity contribution >= 4 is 29.7 Å². The molecule has 3 saturated heterocycles. The van der Waals surface area contributed by atoms with Crippen LogP contribution in [-0.2, 0) is 25.6 Å². The van der Waals surface area contributed by atoms with Gasteiger partial charge in [0, 0.05) is 45.7 Å². The first kappa shape index (κ1) is 30.3. The third-order valence-corrected chi connectivity index (χ3v) is 8.21. The van der Waals surface area contributed by atoms with Gasteiger partial charge in [0.25, 0.3) is 0 Å². The van der Waals surface area contributed by atoms with Crippen molar-refractivity contribution in [2.45, 2.75) is 57.2 Å². The molecule has 0 spiro atoms. The smallest absolute Gasteiger partial charge is 0.471 e. The van der Waals surface area contributed by atoms with E-state index < -0.39 is 42.0 Å². The Morgan fingerprint density at radius 3 is 2.20 bits per heavy atom. The van der Waals surface area contributed by atoms with E-state index in [0.29, 0.717) is 25.7 Å². The first-order valence-electron chi connectivity index (χ1n) is 14.0. The molecule has 0 aromatic heterocycles. The second-order valence-electron chi connectivity index (χ2n) is 10.9. The van der Waals surface area contributed by atoms with E-state index in [-0.39, 0.29) is 63.9 Å². The number of benzene rings is 1. The van der Waals surface area contributed by atoms with E-state index in [1.54, 1.807) is 4.90 Å². The standard InChI is InChI=1S/C28H35F3N4O6/c29-28(30,31)26(40)34-13-5-9-20(18-34)11-12-21-23(25(38)39)35(24(21)37)27(41)33-16-14-32(15-17-33)22(36)10-4-8-19-6-2-1-3-7-19/h1-3,6-7,20-21,23H,4-5,8-18H2,(H,38,39)/t20?,21-,23+/m1/s1. The summed E-state index contributed by atoms with van der Waals surface area (Å²) in [6, 6.07) is 7.77. The van der Waals surface area contributed by atoms with Gasteiger partial charge in [-0.2, -0.15) is 13.2 Å². The van der Waals surface area contributed by atoms with Gasteiger partial charge in [0.15, 0.2) is 6.04 Å². The van der Waals surface area contributed by atoms with Crippen LogP contribution < -0.4 is 0 Å². The Morgan fingerprint density at radius 1 is 0.902 bits per heavy atom. The Balaban J connectivity index is 1.24. The van der Waals surface area contributed by atoms with Crippen molar-refractivity contribution in [2.75, 3.05) is 39.3 Å². The van der Waals surface area contributed by atoms with Crippen LogP contribution in [0.3, 0.4) is 0 Å². The lowest BCUT2D eigenvalue weighted by atomic mass is 9.80. The van der Waals surface area contributed by atoms with Crippen LogP contribution in [0.15, 0.2) is 30.3 Å². The summed E-state index contributed by atoms with van der Waals surface area (Å²) in [5.74, 6) is -5.11. The van der Waals surface area contributed by atoms with Crippen molar-refractivity contribution in [3.05, 3.63) is 35.9 Å². The van der Waals surface area contributed by atoms with Crippen molar-refractivity contribution < 1.29 is 42.3 Å². The molecule has 1 unspecified atom stereocenters. The molecule has 3 atom stereocenters. The van der Waals surface area contributed by atoms with Crippen molar-refractivity contribution in [3.63, 3.8) is 0 Å². The van der Waals surface area contributed by atoms with E-state index >= 15 is 0 Å². The normalized spacial score (nSPS) is 23.3. The molecule has 4 rings (SSSR count). The highest BCUT2D eigenvalue weighted by Crippen LogP contribution is 2.35. The van der Waals surface area contributed by atoms with Gasteiger partial charge >= 0.3 is 24.1 Å². The third kappa shape index (κ3) is 7.17. The number of likely N-dealkylation sites (tertiary alicyclic amines) is 2. The molecule has 13 heteroatoms. The minimum absolute atomic E-state index is 0.00375. The number of halogens is 3. The number of rotatable bonds is 8. The molecule has 0 aliphatic carbocycles. The Labute approximate surface area is 236 Å². The topological polar surface area (TPSA) is 119 Å². The first-order valence-corrected chi connectivity index (χ1v) is 14.0. The number of imide groups is 1. The van der Waals surface area contributed by atoms with Crippen LogP contribution >= 0.6 is 0 Å². The number of urea groups is 1. The van der Waals surface area contributed by atoms with Crippen LogP contribution in [0.25, 0.3) is 0 Å². The SMILES string of the molecule is O=C(O)[C@@H]1[C@@H](CCC2CCCN(C(=O)C(F)(F)F)C2)C(=O)N1C(=O)N1CCN(C(=O)CCCc2ccccc2)CC1. The Hall–Kier alpha value is -3.64. The van der Waals surface area contributed by atoms with E-state index in [2.05, 4.69) is 0 Å². The van der Waals surface area contributed by atoms with E-state index in [4.69, 9.17) is 0 Å². The zero-order chi connectivity index (χ0) is 29.7. The predicted octanol–water partition coefficient (Wildman–Crippen LogP) is 2.77. The van der Waals surface area contributed by atoms with E-state index in [0.717, 1.165) is 21.8 Å². The number of piperidine rings is 1. The summed E-state index contributed by atoms with van der Waals surface area (Å²) in [5.41, 5.74) is 1.15. The number of carbonyl (C=O) groups excluding carboxylic acids is 4. The summed E-state index contributed by atoms with van der Waals surface area (Å²) in [7, 11) is 0. The molecule has 224 valence electrons. The zero-order valence-corrected chi connectivity index (χ0v) is 22.7. The number of hydrogen-bond acceptors (Lipinski definition) is 5. The number of carboxylic acid groups (broad SMARTS) is 1. The number of carboxylic acids is 1. The summed E-state index contributed by atoms with van der Waals surface area (Å²) in [6.07, 6.45) is -1.77. The van der Waals surface area contributed by atoms with Crippen LogP contribution in [0.4, 0.5) is 18.0 Å². The minimum atomic E-state index is -4.96. The van der Waals surface area contributed by atoms with Gasteiger partial charge in [-0.25, -0.2) is 14.5 Å². The summed E-state index contributed by atoms with van der Waals surface area (Å²) in [5, 5.41) is 9.76. The number of piperazine rings is 1. The van der Waals surface area contributed by atoms with Gasteiger partial charge in [-0.15, -0.1) is 0 Å². The number of nitrogens with zero attached hydrogens (tertiary/aromatic N) is 4. The van der Waals surface area contributed by atoms with E-state index in [1.807, 2.05) is 30.3 Å². The van der Waals surface area contributed by atoms with Crippen molar-refractivity contribution in [1.82, 2.24) is 19.6 Å². The largest absolute Gasteiger partial charge is 0.480 e. The van der Waals surface area contributed by atoms with Crippen LogP contribution in [0, 0.1) is 11.8 Å². The molecular weight excluding hydrogens is 545 g/mol. The average Bonchev–Trinajstić information content (AvgIpc) is 2.95. The summed E-state index contributed by atoms with van der Waals surface area (Å²) < 4.78 is 38.4. The number of β-lactam (4-membered cyclic amide) rings is 1. The molecule has 3 heterocycles. The zero-order valence-electron chi connectivity index (χ0n) is 22.7. The van der Waals surface area contributed by atoms with Gasteiger partial charge < -0.3 is 19.8 Å². The molecule has 41 heavy (non-hydrogen) atoms. The summed E-state index contributed by atoms with van der Waals surface area (Å²) in [6.45, 7) is 0.824. The highest BCUT2D eigenvalue weighted by molar-refractivity contribution is 6.07. The molecule has 1 aromatic rings. The molecule has 3 fully saturated rings. The molecule has 0 saturated carbocycles. The van der Waals surface area contributed by atoms with Gasteiger partial charge in [-0.3, -0.25) is 14.4 Å². The molecule has 0 radical (unpaired) electrons. The van der Waals surface area contributed by atoms with Crippen LogP contribution in [0.2, 0.25) is 0 Å². The predicted molar refractivity (Wildman–Crippen MR) is 139 cm³/mol. The maximum absolute atomic E-state index is 13.1. The van der Waals surface area contributed by atoms with Gasteiger partial charge in [0.05, 0.1) is 5.92 Å². The van der Waals surface area contributed by atoms with Gasteiger partial charge in [0.2, 0.25) is 11.8 Å². The molecule has 3 aliphatic heterocycles. The molecule has 1 aromatic carbocycles.